The summed E-state index contributed by atoms with van der Waals surface area (Å²) in [6.45, 7) is 3.68. The molecule has 2 radical (unpaired) electrons. The van der Waals surface area contributed by atoms with Gasteiger partial charge in [0.2, 0.25) is 7.98 Å². The second-order valence-corrected chi connectivity index (χ2v) is 6.22. The molecule has 2 heterocycles. The zero-order valence-electron chi connectivity index (χ0n) is 12.8. The lowest BCUT2D eigenvalue weighted by molar-refractivity contribution is -0.120. The molecule has 21 heavy (non-hydrogen) atoms. The third kappa shape index (κ3) is 1.91. The van der Waals surface area contributed by atoms with Crippen molar-refractivity contribution in [1.82, 2.24) is 9.71 Å². The molecule has 0 fully saturated rings. The monoisotopic (exact) mass is 279 g/mol. The summed E-state index contributed by atoms with van der Waals surface area (Å²) >= 11 is 0. The number of ketones is 1. The predicted molar refractivity (Wildman–Crippen MR) is 84.6 cm³/mol. The van der Waals surface area contributed by atoms with Crippen LogP contribution in [0.3, 0.4) is 0 Å². The summed E-state index contributed by atoms with van der Waals surface area (Å²) in [5, 5.41) is 0. The Morgan fingerprint density at radius 1 is 1.29 bits per heavy atom. The minimum absolute atomic E-state index is 0.0280. The number of Topliss-reactive ketones (excluding diaryl/α,β-unsaturated/α-hetero) is 1. The predicted octanol–water partition coefficient (Wildman–Crippen LogP) is 1.84. The molecule has 0 unspecified atom stereocenters. The van der Waals surface area contributed by atoms with Crippen LogP contribution in [0.25, 0.3) is 0 Å². The molecule has 0 atom stereocenters. The molecule has 0 saturated carbocycles. The van der Waals surface area contributed by atoms with Crippen molar-refractivity contribution in [3.8, 4) is 0 Å². The number of benzene rings is 1. The fourth-order valence-electron chi connectivity index (χ4n) is 2.88. The second kappa shape index (κ2) is 4.48. The van der Waals surface area contributed by atoms with Crippen LogP contribution in [0.15, 0.2) is 40.7 Å². The number of hydrogen-bond acceptors (Lipinski definition) is 4. The van der Waals surface area contributed by atoms with Gasteiger partial charge in [-0.25, -0.2) is 0 Å². The molecular weight excluding hydrogens is 261 g/mol. The van der Waals surface area contributed by atoms with Crippen molar-refractivity contribution in [3.05, 3.63) is 41.2 Å². The Bertz CT molecular complexity index is 689. The third-order valence-corrected chi connectivity index (χ3v) is 4.15. The van der Waals surface area contributed by atoms with Gasteiger partial charge in [0.15, 0.2) is 5.78 Å². The number of carbonyl (C=O) groups excluding carboxylic acids is 1. The Labute approximate surface area is 126 Å². The first-order valence-corrected chi connectivity index (χ1v) is 7.01. The average Bonchev–Trinajstić information content (AvgIpc) is 2.92. The van der Waals surface area contributed by atoms with E-state index in [2.05, 4.69) is 4.99 Å². The molecular formula is C16H18BN3O. The van der Waals surface area contributed by atoms with Gasteiger partial charge in [-0.15, -0.1) is 0 Å². The number of hydrogen-bond donors (Lipinski definition) is 0. The number of aliphatic imine (C=N–C) groups is 1. The normalized spacial score (nSPS) is 19.9. The molecule has 0 saturated heterocycles. The standard InChI is InChI=1S/C16H18BN3O/c1-16(2)14(21)13(15(19(3)4)20(16)17)12-9-10-7-5-6-8-11(10)18-12/h5-8H,9H2,1-4H3. The molecule has 3 rings (SSSR count). The Hall–Kier alpha value is -2.04. The van der Waals surface area contributed by atoms with Gasteiger partial charge in [-0.05, 0) is 25.5 Å². The molecule has 0 aromatic heterocycles. The van der Waals surface area contributed by atoms with Crippen molar-refractivity contribution in [1.29, 1.82) is 0 Å². The molecule has 0 bridgehead atoms. The van der Waals surface area contributed by atoms with Crippen molar-refractivity contribution < 1.29 is 4.79 Å². The van der Waals surface area contributed by atoms with Crippen LogP contribution in [0.4, 0.5) is 5.69 Å². The van der Waals surface area contributed by atoms with Gasteiger partial charge in [-0.1, -0.05) is 18.2 Å². The zero-order valence-corrected chi connectivity index (χ0v) is 12.8. The van der Waals surface area contributed by atoms with Crippen molar-refractivity contribution >= 4 is 25.2 Å². The SMILES string of the molecule is [B]N1C(N(C)C)=C(C2=Nc3ccccc3C2)C(=O)C1(C)C. The maximum absolute atomic E-state index is 12.8. The first kappa shape index (κ1) is 13.9. The largest absolute Gasteiger partial charge is 0.400 e. The van der Waals surface area contributed by atoms with Crippen molar-refractivity contribution in [2.24, 2.45) is 4.99 Å². The highest BCUT2D eigenvalue weighted by Crippen LogP contribution is 2.37. The molecule has 2 aliphatic rings. The van der Waals surface area contributed by atoms with E-state index in [-0.39, 0.29) is 5.78 Å². The zero-order chi connectivity index (χ0) is 15.4. The van der Waals surface area contributed by atoms with Crippen LogP contribution in [0, 0.1) is 0 Å². The van der Waals surface area contributed by atoms with Crippen molar-refractivity contribution in [2.45, 2.75) is 25.8 Å². The Balaban J connectivity index is 2.11. The summed E-state index contributed by atoms with van der Waals surface area (Å²) in [5.74, 6) is 0.761. The highest BCUT2D eigenvalue weighted by molar-refractivity contribution is 6.31. The summed E-state index contributed by atoms with van der Waals surface area (Å²) in [7, 11) is 9.96. The molecule has 106 valence electrons. The first-order chi connectivity index (χ1) is 9.84. The maximum Gasteiger partial charge on any atom is 0.229 e. The van der Waals surface area contributed by atoms with Gasteiger partial charge in [-0.3, -0.25) is 9.79 Å². The number of nitrogens with zero attached hydrogens (tertiary/aromatic N) is 3. The molecule has 0 amide bonds. The minimum Gasteiger partial charge on any atom is -0.400 e. The van der Waals surface area contributed by atoms with Crippen LogP contribution in [0.1, 0.15) is 19.4 Å². The van der Waals surface area contributed by atoms with Crippen LogP contribution < -0.4 is 0 Å². The molecule has 1 aromatic carbocycles. The number of rotatable bonds is 2. The van der Waals surface area contributed by atoms with Crippen LogP contribution in [0.2, 0.25) is 0 Å². The number of para-hydroxylation sites is 1. The van der Waals surface area contributed by atoms with Gasteiger partial charge in [-0.2, -0.15) is 0 Å². The molecule has 0 spiro atoms. The van der Waals surface area contributed by atoms with Gasteiger partial charge in [0, 0.05) is 20.5 Å². The van der Waals surface area contributed by atoms with Crippen LogP contribution in [-0.4, -0.2) is 48.8 Å². The van der Waals surface area contributed by atoms with Crippen LogP contribution in [-0.2, 0) is 11.2 Å². The summed E-state index contributed by atoms with van der Waals surface area (Å²) in [4.78, 5) is 20.9. The van der Waals surface area contributed by atoms with E-state index >= 15 is 0 Å². The highest BCUT2D eigenvalue weighted by Gasteiger charge is 2.46. The highest BCUT2D eigenvalue weighted by atomic mass is 16.1. The lowest BCUT2D eigenvalue weighted by Crippen LogP contribution is -2.44. The molecule has 0 aliphatic carbocycles. The van der Waals surface area contributed by atoms with Crippen LogP contribution in [0.5, 0.6) is 0 Å². The first-order valence-electron chi connectivity index (χ1n) is 7.01. The Morgan fingerprint density at radius 2 is 1.95 bits per heavy atom. The van der Waals surface area contributed by atoms with E-state index in [1.54, 1.807) is 4.81 Å². The quantitative estimate of drug-likeness (QED) is 0.775. The van der Waals surface area contributed by atoms with Gasteiger partial charge in [0.05, 0.1) is 22.5 Å². The van der Waals surface area contributed by atoms with Crippen molar-refractivity contribution in [3.63, 3.8) is 0 Å². The van der Waals surface area contributed by atoms with Gasteiger partial charge >= 0.3 is 0 Å². The minimum atomic E-state index is -0.744. The van der Waals surface area contributed by atoms with E-state index < -0.39 is 5.54 Å². The smallest absolute Gasteiger partial charge is 0.229 e. The van der Waals surface area contributed by atoms with E-state index in [0.717, 1.165) is 22.8 Å². The summed E-state index contributed by atoms with van der Waals surface area (Å²) < 4.78 is 0. The van der Waals surface area contributed by atoms with E-state index in [0.29, 0.717) is 12.0 Å². The van der Waals surface area contributed by atoms with Gasteiger partial charge in [0.1, 0.15) is 5.82 Å². The molecule has 1 aromatic rings. The fraction of sp³-hybridized carbons (Fsp3) is 0.375. The third-order valence-electron chi connectivity index (χ3n) is 4.15. The average molecular weight is 279 g/mol. The number of carbonyl (C=O) groups is 1. The van der Waals surface area contributed by atoms with Crippen LogP contribution >= 0.6 is 0 Å². The summed E-state index contributed by atoms with van der Waals surface area (Å²) in [6.07, 6.45) is 0.679. The lowest BCUT2D eigenvalue weighted by Gasteiger charge is -2.34. The van der Waals surface area contributed by atoms with E-state index in [1.165, 1.54) is 0 Å². The van der Waals surface area contributed by atoms with E-state index in [4.69, 9.17) is 7.98 Å². The number of fused-ring (bicyclic) bond motifs is 1. The van der Waals surface area contributed by atoms with Crippen molar-refractivity contribution in [2.75, 3.05) is 14.1 Å². The molecule has 4 nitrogen and oxygen atoms in total. The molecule has 0 N–H and O–H groups in total. The Morgan fingerprint density at radius 3 is 2.57 bits per heavy atom. The Kier molecular flexibility index (Phi) is 2.97. The lowest BCUT2D eigenvalue weighted by atomic mass is 9.92. The van der Waals surface area contributed by atoms with Gasteiger partial charge < -0.3 is 9.71 Å². The van der Waals surface area contributed by atoms with Gasteiger partial charge in [0.25, 0.3) is 0 Å². The second-order valence-electron chi connectivity index (χ2n) is 6.22. The van der Waals surface area contributed by atoms with E-state index in [1.807, 2.05) is 57.1 Å². The topological polar surface area (TPSA) is 35.9 Å². The fourth-order valence-corrected chi connectivity index (χ4v) is 2.88. The molecule has 5 heteroatoms. The van der Waals surface area contributed by atoms with E-state index in [9.17, 15) is 4.79 Å². The summed E-state index contributed by atoms with van der Waals surface area (Å²) in [6, 6.07) is 7.98. The summed E-state index contributed by atoms with van der Waals surface area (Å²) in [5.41, 5.74) is 2.81. The molecule has 2 aliphatic heterocycles. The maximum atomic E-state index is 12.8.